The van der Waals surface area contributed by atoms with Crippen molar-refractivity contribution in [3.8, 4) is 11.6 Å². The van der Waals surface area contributed by atoms with Crippen LogP contribution in [0.3, 0.4) is 0 Å². The van der Waals surface area contributed by atoms with Gasteiger partial charge >= 0.3 is 12.2 Å². The van der Waals surface area contributed by atoms with Gasteiger partial charge in [0.1, 0.15) is 17.7 Å². The van der Waals surface area contributed by atoms with Gasteiger partial charge in [0.25, 0.3) is 0 Å². The third kappa shape index (κ3) is 5.71. The Morgan fingerprint density at radius 1 is 1.27 bits per heavy atom. The van der Waals surface area contributed by atoms with Gasteiger partial charge in [0.2, 0.25) is 5.88 Å². The predicted octanol–water partition coefficient (Wildman–Crippen LogP) is 5.84. The number of hydrogen-bond donors (Lipinski definition) is 1. The molecule has 0 aliphatic carbocycles. The Morgan fingerprint density at radius 3 is 2.79 bits per heavy atom. The summed E-state index contributed by atoms with van der Waals surface area (Å²) >= 11 is 0. The number of nitrogens with one attached hydrogen (secondary N) is 1. The molecule has 33 heavy (non-hydrogen) atoms. The molecular formula is C23H21F3N4O3. The van der Waals surface area contributed by atoms with Crippen LogP contribution in [-0.4, -0.2) is 34.2 Å². The van der Waals surface area contributed by atoms with Crippen molar-refractivity contribution in [2.75, 3.05) is 18.4 Å². The first-order chi connectivity index (χ1) is 15.8. The number of nitrogens with zero attached hydrogens (tertiary/aromatic N) is 3. The SMILES string of the molecule is CC1CN(C(=O)Nc2cnoc2)CCC1=Cc1cccc(Oc2ccc(C(F)(F)F)cn2)c1. The lowest BCUT2D eigenvalue weighted by Gasteiger charge is -2.33. The minimum atomic E-state index is -4.44. The summed E-state index contributed by atoms with van der Waals surface area (Å²) < 4.78 is 48.4. The number of anilines is 1. The van der Waals surface area contributed by atoms with Crippen molar-refractivity contribution in [2.45, 2.75) is 19.5 Å². The maximum Gasteiger partial charge on any atom is 0.417 e. The second-order valence-electron chi connectivity index (χ2n) is 7.72. The van der Waals surface area contributed by atoms with Crippen LogP contribution in [0.1, 0.15) is 24.5 Å². The molecule has 2 amide bonds. The number of halogens is 3. The van der Waals surface area contributed by atoms with Gasteiger partial charge in [-0.15, -0.1) is 0 Å². The van der Waals surface area contributed by atoms with E-state index in [4.69, 9.17) is 9.26 Å². The van der Waals surface area contributed by atoms with E-state index < -0.39 is 11.7 Å². The Kier molecular flexibility index (Phi) is 6.34. The van der Waals surface area contributed by atoms with Crippen LogP contribution in [0.2, 0.25) is 0 Å². The van der Waals surface area contributed by atoms with Crippen molar-refractivity contribution in [2.24, 2.45) is 5.92 Å². The van der Waals surface area contributed by atoms with Crippen LogP contribution in [0.25, 0.3) is 6.08 Å². The lowest BCUT2D eigenvalue weighted by atomic mass is 9.91. The van der Waals surface area contributed by atoms with Gasteiger partial charge in [0.15, 0.2) is 0 Å². The number of carbonyl (C=O) groups excluding carboxylic acids is 1. The van der Waals surface area contributed by atoms with E-state index in [0.717, 1.165) is 17.8 Å². The Morgan fingerprint density at radius 2 is 2.12 bits per heavy atom. The zero-order valence-corrected chi connectivity index (χ0v) is 17.7. The molecule has 0 saturated carbocycles. The molecule has 1 aliphatic heterocycles. The number of aromatic nitrogens is 2. The lowest BCUT2D eigenvalue weighted by molar-refractivity contribution is -0.137. The molecule has 0 spiro atoms. The molecule has 1 aliphatic rings. The van der Waals surface area contributed by atoms with E-state index in [0.29, 0.717) is 30.9 Å². The summed E-state index contributed by atoms with van der Waals surface area (Å²) in [7, 11) is 0. The van der Waals surface area contributed by atoms with Crippen LogP contribution in [-0.2, 0) is 6.18 Å². The highest BCUT2D eigenvalue weighted by Gasteiger charge is 2.30. The molecule has 3 aromatic rings. The van der Waals surface area contributed by atoms with Crippen molar-refractivity contribution >= 4 is 17.8 Å². The number of amides is 2. The smallest absolute Gasteiger partial charge is 0.417 e. The number of benzene rings is 1. The van der Waals surface area contributed by atoms with Gasteiger partial charge in [-0.2, -0.15) is 13.2 Å². The summed E-state index contributed by atoms with van der Waals surface area (Å²) in [6.07, 6.45) is 1.87. The Bertz CT molecular complexity index is 1130. The van der Waals surface area contributed by atoms with Crippen molar-refractivity contribution in [1.82, 2.24) is 15.0 Å². The number of carbonyl (C=O) groups is 1. The van der Waals surface area contributed by atoms with E-state index >= 15 is 0 Å². The summed E-state index contributed by atoms with van der Waals surface area (Å²) in [5.41, 5.74) is 1.76. The fourth-order valence-corrected chi connectivity index (χ4v) is 3.53. The van der Waals surface area contributed by atoms with Gasteiger partial charge < -0.3 is 19.5 Å². The number of piperidine rings is 1. The lowest BCUT2D eigenvalue weighted by Crippen LogP contribution is -2.42. The minimum Gasteiger partial charge on any atom is -0.439 e. The van der Waals surface area contributed by atoms with E-state index in [1.165, 1.54) is 24.1 Å². The third-order valence-electron chi connectivity index (χ3n) is 5.26. The van der Waals surface area contributed by atoms with E-state index in [9.17, 15) is 18.0 Å². The number of likely N-dealkylation sites (tertiary alicyclic amines) is 1. The van der Waals surface area contributed by atoms with Crippen molar-refractivity contribution < 1.29 is 27.2 Å². The van der Waals surface area contributed by atoms with Crippen molar-refractivity contribution in [3.63, 3.8) is 0 Å². The molecule has 1 N–H and O–H groups in total. The quantitative estimate of drug-likeness (QED) is 0.531. The second kappa shape index (κ2) is 9.35. The summed E-state index contributed by atoms with van der Waals surface area (Å²) in [5.74, 6) is 0.691. The molecule has 1 saturated heterocycles. The third-order valence-corrected chi connectivity index (χ3v) is 5.26. The molecule has 7 nitrogen and oxygen atoms in total. The second-order valence-corrected chi connectivity index (χ2v) is 7.72. The number of hydrogen-bond acceptors (Lipinski definition) is 5. The first-order valence-corrected chi connectivity index (χ1v) is 10.2. The van der Waals surface area contributed by atoms with Gasteiger partial charge in [-0.3, -0.25) is 0 Å². The van der Waals surface area contributed by atoms with Gasteiger partial charge in [-0.1, -0.05) is 35.9 Å². The van der Waals surface area contributed by atoms with Crippen molar-refractivity contribution in [3.05, 3.63) is 71.8 Å². The van der Waals surface area contributed by atoms with Gasteiger partial charge in [-0.05, 0) is 36.1 Å². The average molecular weight is 458 g/mol. The predicted molar refractivity (Wildman–Crippen MR) is 115 cm³/mol. The molecule has 3 heterocycles. The highest BCUT2D eigenvalue weighted by molar-refractivity contribution is 5.89. The molecule has 1 aromatic carbocycles. The van der Waals surface area contributed by atoms with E-state index in [-0.39, 0.29) is 17.8 Å². The largest absolute Gasteiger partial charge is 0.439 e. The van der Waals surface area contributed by atoms with Gasteiger partial charge in [-0.25, -0.2) is 9.78 Å². The van der Waals surface area contributed by atoms with E-state index in [2.05, 4.69) is 22.4 Å². The number of ether oxygens (including phenoxy) is 1. The standard InChI is InChI=1S/C23H21F3N4O3/c1-15-13-30(22(31)29-19-12-28-32-14-19)8-7-17(15)9-16-3-2-4-20(10-16)33-21-6-5-18(11-27-21)23(24,25)26/h2-6,9-12,14-15H,7-8,13H2,1H3,(H,29,31). The molecule has 1 atom stereocenters. The van der Waals surface area contributed by atoms with Crippen LogP contribution in [0.4, 0.5) is 23.7 Å². The Labute approximate surface area is 187 Å². The van der Waals surface area contributed by atoms with Crippen LogP contribution in [0.5, 0.6) is 11.6 Å². The van der Waals surface area contributed by atoms with E-state index in [1.807, 2.05) is 12.1 Å². The molecule has 1 fully saturated rings. The summed E-state index contributed by atoms with van der Waals surface area (Å²) in [6.45, 7) is 3.19. The van der Waals surface area contributed by atoms with Gasteiger partial charge in [0, 0.05) is 25.4 Å². The zero-order chi connectivity index (χ0) is 23.4. The molecule has 0 bridgehead atoms. The summed E-state index contributed by atoms with van der Waals surface area (Å²) in [4.78, 5) is 17.9. The topological polar surface area (TPSA) is 80.5 Å². The fourth-order valence-electron chi connectivity index (χ4n) is 3.53. The number of urea groups is 1. The first-order valence-electron chi connectivity index (χ1n) is 10.2. The van der Waals surface area contributed by atoms with Crippen LogP contribution >= 0.6 is 0 Å². The average Bonchev–Trinajstić information content (AvgIpc) is 3.28. The molecule has 4 rings (SSSR count). The molecule has 10 heteroatoms. The first kappa shape index (κ1) is 22.4. The monoisotopic (exact) mass is 458 g/mol. The number of alkyl halides is 3. The Hall–Kier alpha value is -3.82. The summed E-state index contributed by atoms with van der Waals surface area (Å²) in [6, 6.07) is 9.14. The van der Waals surface area contributed by atoms with Crippen LogP contribution < -0.4 is 10.1 Å². The Balaban J connectivity index is 1.39. The zero-order valence-electron chi connectivity index (χ0n) is 17.7. The minimum absolute atomic E-state index is 0.0771. The molecular weight excluding hydrogens is 437 g/mol. The summed E-state index contributed by atoms with van der Waals surface area (Å²) in [5, 5.41) is 6.31. The fraction of sp³-hybridized carbons (Fsp3) is 0.261. The van der Waals surface area contributed by atoms with Crippen molar-refractivity contribution in [1.29, 1.82) is 0 Å². The maximum atomic E-state index is 12.7. The molecule has 2 aromatic heterocycles. The number of pyridine rings is 1. The molecule has 1 unspecified atom stereocenters. The molecule has 0 radical (unpaired) electrons. The van der Waals surface area contributed by atoms with E-state index in [1.54, 1.807) is 23.1 Å². The maximum absolute atomic E-state index is 12.7. The van der Waals surface area contributed by atoms with Crippen LogP contribution in [0.15, 0.2) is 65.2 Å². The van der Waals surface area contributed by atoms with Crippen LogP contribution in [0, 0.1) is 5.92 Å². The van der Waals surface area contributed by atoms with Gasteiger partial charge in [0.05, 0.1) is 11.8 Å². The number of rotatable bonds is 4. The molecule has 172 valence electrons. The highest BCUT2D eigenvalue weighted by Crippen LogP contribution is 2.31. The normalized spacial score (nSPS) is 17.8. The highest BCUT2D eigenvalue weighted by atomic mass is 19.4.